The van der Waals surface area contributed by atoms with Crippen LogP contribution in [-0.4, -0.2) is 29.0 Å². The van der Waals surface area contributed by atoms with Gasteiger partial charge < -0.3 is 10.5 Å². The Morgan fingerprint density at radius 2 is 1.82 bits per heavy atom. The Morgan fingerprint density at radius 3 is 2.50 bits per heavy atom. The summed E-state index contributed by atoms with van der Waals surface area (Å²) in [5, 5.41) is 2.46. The number of hydrogen-bond acceptors (Lipinski definition) is 5. The molecule has 0 saturated heterocycles. The van der Waals surface area contributed by atoms with Crippen molar-refractivity contribution in [2.45, 2.75) is 13.0 Å². The number of halogens is 1. The van der Waals surface area contributed by atoms with Crippen molar-refractivity contribution in [2.75, 3.05) is 0 Å². The lowest BCUT2D eigenvalue weighted by Gasteiger charge is -2.14. The zero-order chi connectivity index (χ0) is 20.3. The van der Waals surface area contributed by atoms with Crippen molar-refractivity contribution in [2.24, 2.45) is 5.73 Å². The van der Waals surface area contributed by atoms with Crippen LogP contribution in [-0.2, 0) is 9.53 Å². The van der Waals surface area contributed by atoms with E-state index in [1.165, 1.54) is 6.92 Å². The molecule has 3 amide bonds. The van der Waals surface area contributed by atoms with Gasteiger partial charge in [0.2, 0.25) is 0 Å². The van der Waals surface area contributed by atoms with Crippen molar-refractivity contribution in [3.05, 3.63) is 64.6 Å². The van der Waals surface area contributed by atoms with Crippen LogP contribution in [0.5, 0.6) is 0 Å². The van der Waals surface area contributed by atoms with Gasteiger partial charge in [0.05, 0.1) is 16.8 Å². The van der Waals surface area contributed by atoms with E-state index in [0.717, 1.165) is 10.0 Å². The number of amides is 3. The number of aromatic nitrogens is 1. The van der Waals surface area contributed by atoms with E-state index in [-0.39, 0.29) is 5.56 Å². The molecular weight excluding hydrogens is 426 g/mol. The van der Waals surface area contributed by atoms with E-state index in [1.807, 2.05) is 41.7 Å². The number of esters is 1. The van der Waals surface area contributed by atoms with Gasteiger partial charge in [0, 0.05) is 15.4 Å². The first-order chi connectivity index (χ1) is 13.3. The number of benzene rings is 2. The summed E-state index contributed by atoms with van der Waals surface area (Å²) in [6.45, 7) is 1.35. The third kappa shape index (κ3) is 4.34. The molecule has 0 saturated carbocycles. The first kappa shape index (κ1) is 19.5. The summed E-state index contributed by atoms with van der Waals surface area (Å²) in [4.78, 5) is 40.0. The molecule has 0 aliphatic heterocycles. The van der Waals surface area contributed by atoms with Crippen LogP contribution in [0.25, 0.3) is 22.2 Å². The molecular formula is C20H16BrN3O4. The lowest BCUT2D eigenvalue weighted by molar-refractivity contribution is -0.127. The Hall–Kier alpha value is -3.26. The maximum Gasteiger partial charge on any atom is 0.339 e. The molecule has 28 heavy (non-hydrogen) atoms. The van der Waals surface area contributed by atoms with Gasteiger partial charge in [-0.25, -0.2) is 14.6 Å². The standard InChI is InChI=1S/C20H16BrN3O4/c1-11(18(25)24-20(22)27)28-19(26)15-10-17(12-5-3-2-4-6-12)23-16-8-7-13(21)9-14(15)16/h2-11H,1H3,(H3,22,24,25,27). The average Bonchev–Trinajstić information content (AvgIpc) is 2.67. The molecule has 1 unspecified atom stereocenters. The van der Waals surface area contributed by atoms with Crippen LogP contribution in [0, 0.1) is 0 Å². The van der Waals surface area contributed by atoms with Crippen LogP contribution in [0.1, 0.15) is 17.3 Å². The number of nitrogens with zero attached hydrogens (tertiary/aromatic N) is 1. The molecule has 3 N–H and O–H groups in total. The van der Waals surface area contributed by atoms with Gasteiger partial charge >= 0.3 is 12.0 Å². The molecule has 0 fully saturated rings. The number of primary amides is 1. The fourth-order valence-corrected chi connectivity index (χ4v) is 2.99. The summed E-state index contributed by atoms with van der Waals surface area (Å²) < 4.78 is 6.00. The molecule has 0 spiro atoms. The number of hydrogen-bond donors (Lipinski definition) is 2. The van der Waals surface area contributed by atoms with Gasteiger partial charge in [0.1, 0.15) is 0 Å². The van der Waals surface area contributed by atoms with Crippen molar-refractivity contribution in [3.63, 3.8) is 0 Å². The normalized spacial score (nSPS) is 11.6. The van der Waals surface area contributed by atoms with E-state index in [9.17, 15) is 14.4 Å². The van der Waals surface area contributed by atoms with Gasteiger partial charge in [-0.15, -0.1) is 0 Å². The van der Waals surface area contributed by atoms with E-state index >= 15 is 0 Å². The molecule has 0 aliphatic carbocycles. The molecule has 7 nitrogen and oxygen atoms in total. The van der Waals surface area contributed by atoms with Gasteiger partial charge in [-0.05, 0) is 31.2 Å². The molecule has 3 aromatic rings. The summed E-state index contributed by atoms with van der Waals surface area (Å²) in [5.74, 6) is -1.52. The second-order valence-electron chi connectivity index (χ2n) is 5.98. The highest BCUT2D eigenvalue weighted by atomic mass is 79.9. The summed E-state index contributed by atoms with van der Waals surface area (Å²) in [5.41, 5.74) is 7.21. The number of ether oxygens (including phenoxy) is 1. The summed E-state index contributed by atoms with van der Waals surface area (Å²) in [6, 6.07) is 15.3. The van der Waals surface area contributed by atoms with E-state index in [0.29, 0.717) is 16.6 Å². The summed E-state index contributed by atoms with van der Waals surface area (Å²) in [6.07, 6.45) is -1.20. The number of carbonyl (C=O) groups excluding carboxylic acids is 3. The van der Waals surface area contributed by atoms with Crippen molar-refractivity contribution >= 4 is 44.7 Å². The highest BCUT2D eigenvalue weighted by molar-refractivity contribution is 9.10. The van der Waals surface area contributed by atoms with Crippen molar-refractivity contribution in [1.82, 2.24) is 10.3 Å². The number of urea groups is 1. The molecule has 3 rings (SSSR count). The maximum absolute atomic E-state index is 12.8. The number of fused-ring (bicyclic) bond motifs is 1. The first-order valence-electron chi connectivity index (χ1n) is 8.32. The smallest absolute Gasteiger partial charge is 0.339 e. The van der Waals surface area contributed by atoms with Crippen LogP contribution >= 0.6 is 15.9 Å². The third-order valence-corrected chi connectivity index (χ3v) is 4.45. The van der Waals surface area contributed by atoms with Crippen molar-refractivity contribution < 1.29 is 19.1 Å². The fraction of sp³-hybridized carbons (Fsp3) is 0.100. The summed E-state index contributed by atoms with van der Waals surface area (Å²) >= 11 is 3.38. The Balaban J connectivity index is 2.02. The topological polar surface area (TPSA) is 111 Å². The summed E-state index contributed by atoms with van der Waals surface area (Å²) in [7, 11) is 0. The van der Waals surface area contributed by atoms with E-state index in [4.69, 9.17) is 10.5 Å². The minimum atomic E-state index is -1.20. The number of carbonyl (C=O) groups is 3. The number of rotatable bonds is 4. The van der Waals surface area contributed by atoms with Gasteiger partial charge in [0.25, 0.3) is 5.91 Å². The fourth-order valence-electron chi connectivity index (χ4n) is 2.62. The molecule has 0 bridgehead atoms. The number of nitrogens with one attached hydrogen (secondary N) is 1. The number of nitrogens with two attached hydrogens (primary N) is 1. The van der Waals surface area contributed by atoms with E-state index < -0.39 is 24.0 Å². The lowest BCUT2D eigenvalue weighted by atomic mass is 10.0. The Labute approximate surface area is 169 Å². The first-order valence-corrected chi connectivity index (χ1v) is 9.11. The highest BCUT2D eigenvalue weighted by Gasteiger charge is 2.22. The molecule has 1 heterocycles. The zero-order valence-corrected chi connectivity index (χ0v) is 16.4. The second-order valence-corrected chi connectivity index (χ2v) is 6.90. The zero-order valence-electron chi connectivity index (χ0n) is 14.8. The van der Waals surface area contributed by atoms with Gasteiger partial charge in [0.15, 0.2) is 6.10 Å². The molecule has 0 radical (unpaired) electrons. The largest absolute Gasteiger partial charge is 0.449 e. The highest BCUT2D eigenvalue weighted by Crippen LogP contribution is 2.28. The molecule has 1 aromatic heterocycles. The molecule has 8 heteroatoms. The molecule has 0 aliphatic rings. The number of pyridine rings is 1. The van der Waals surface area contributed by atoms with E-state index in [2.05, 4.69) is 20.9 Å². The minimum absolute atomic E-state index is 0.254. The molecule has 1 atom stereocenters. The third-order valence-electron chi connectivity index (χ3n) is 3.96. The maximum atomic E-state index is 12.8. The lowest BCUT2D eigenvalue weighted by Crippen LogP contribution is -2.42. The van der Waals surface area contributed by atoms with Crippen LogP contribution in [0.15, 0.2) is 59.1 Å². The second kappa shape index (κ2) is 8.18. The Bertz CT molecular complexity index is 1070. The Morgan fingerprint density at radius 1 is 1.11 bits per heavy atom. The molecule has 142 valence electrons. The van der Waals surface area contributed by atoms with Crippen molar-refractivity contribution in [1.29, 1.82) is 0 Å². The minimum Gasteiger partial charge on any atom is -0.449 e. The van der Waals surface area contributed by atoms with Crippen LogP contribution in [0.4, 0.5) is 4.79 Å². The predicted octanol–water partition coefficient (Wildman–Crippen LogP) is 3.40. The average molecular weight is 442 g/mol. The van der Waals surface area contributed by atoms with Crippen LogP contribution in [0.3, 0.4) is 0 Å². The monoisotopic (exact) mass is 441 g/mol. The van der Waals surface area contributed by atoms with Gasteiger partial charge in [-0.3, -0.25) is 10.1 Å². The van der Waals surface area contributed by atoms with Crippen LogP contribution in [0.2, 0.25) is 0 Å². The number of imide groups is 1. The Kier molecular flexibility index (Phi) is 5.70. The van der Waals surface area contributed by atoms with Gasteiger partial charge in [-0.1, -0.05) is 46.3 Å². The predicted molar refractivity (Wildman–Crippen MR) is 107 cm³/mol. The quantitative estimate of drug-likeness (QED) is 0.602. The van der Waals surface area contributed by atoms with Gasteiger partial charge in [-0.2, -0.15) is 0 Å². The van der Waals surface area contributed by atoms with Crippen molar-refractivity contribution in [3.8, 4) is 11.3 Å². The molecule has 2 aromatic carbocycles. The van der Waals surface area contributed by atoms with Crippen LogP contribution < -0.4 is 11.1 Å². The SMILES string of the molecule is CC(OC(=O)c1cc(-c2ccccc2)nc2ccc(Br)cc12)C(=O)NC(N)=O. The van der Waals surface area contributed by atoms with E-state index in [1.54, 1.807) is 18.2 Å².